The van der Waals surface area contributed by atoms with Crippen LogP contribution in [0.4, 0.5) is 0 Å². The minimum Gasteiger partial charge on any atom is -0.478 e. The molecule has 20 heavy (non-hydrogen) atoms. The zero-order valence-corrected chi connectivity index (χ0v) is 12.7. The zero-order valence-electron chi connectivity index (χ0n) is 11.9. The van der Waals surface area contributed by atoms with Crippen LogP contribution in [0.3, 0.4) is 0 Å². The van der Waals surface area contributed by atoms with Gasteiger partial charge in [-0.3, -0.25) is 0 Å². The van der Waals surface area contributed by atoms with Crippen LogP contribution in [-0.2, 0) is 13.0 Å². The minimum atomic E-state index is -0.889. The molecule has 0 bridgehead atoms. The molecular formula is C15H20N2O2S. The Bertz CT molecular complexity index is 607. The largest absolute Gasteiger partial charge is 0.478 e. The summed E-state index contributed by atoms with van der Waals surface area (Å²) in [6.07, 6.45) is 5.24. The number of thioether (sulfide) groups is 1. The average molecular weight is 292 g/mol. The van der Waals surface area contributed by atoms with E-state index in [0.29, 0.717) is 5.56 Å². The van der Waals surface area contributed by atoms with Gasteiger partial charge in [0.15, 0.2) is 0 Å². The average Bonchev–Trinajstić information content (AvgIpc) is 2.80. The highest BCUT2D eigenvalue weighted by molar-refractivity contribution is 7.98. The molecule has 0 aliphatic carbocycles. The lowest BCUT2D eigenvalue weighted by Crippen LogP contribution is -2.04. The molecular weight excluding hydrogens is 272 g/mol. The van der Waals surface area contributed by atoms with Crippen molar-refractivity contribution in [2.45, 2.75) is 32.7 Å². The van der Waals surface area contributed by atoms with E-state index in [0.717, 1.165) is 42.0 Å². The van der Waals surface area contributed by atoms with Crippen molar-refractivity contribution in [3.8, 4) is 0 Å². The lowest BCUT2D eigenvalue weighted by Gasteiger charge is -2.08. The maximum atomic E-state index is 11.1. The van der Waals surface area contributed by atoms with Crippen LogP contribution in [0.25, 0.3) is 11.0 Å². The first-order valence-electron chi connectivity index (χ1n) is 6.88. The van der Waals surface area contributed by atoms with Crippen LogP contribution in [-0.4, -0.2) is 32.6 Å². The van der Waals surface area contributed by atoms with Crippen LogP contribution in [0.5, 0.6) is 0 Å². The van der Waals surface area contributed by atoms with Gasteiger partial charge in [0.25, 0.3) is 0 Å². The minimum absolute atomic E-state index is 0.324. The van der Waals surface area contributed by atoms with Gasteiger partial charge in [-0.1, -0.05) is 6.92 Å². The van der Waals surface area contributed by atoms with Crippen molar-refractivity contribution in [2.24, 2.45) is 0 Å². The van der Waals surface area contributed by atoms with Gasteiger partial charge in [0.1, 0.15) is 5.82 Å². The third-order valence-corrected chi connectivity index (χ3v) is 4.07. The van der Waals surface area contributed by atoms with Crippen molar-refractivity contribution >= 4 is 28.8 Å². The molecule has 0 amide bonds. The molecule has 0 aliphatic heterocycles. The Morgan fingerprint density at radius 3 is 2.85 bits per heavy atom. The Hall–Kier alpha value is -1.49. The summed E-state index contributed by atoms with van der Waals surface area (Å²) < 4.78 is 2.17. The molecule has 5 heteroatoms. The molecule has 0 spiro atoms. The topological polar surface area (TPSA) is 55.1 Å². The summed E-state index contributed by atoms with van der Waals surface area (Å²) in [7, 11) is 0. The molecule has 0 saturated carbocycles. The second-order valence-corrected chi connectivity index (χ2v) is 5.73. The number of hydrogen-bond donors (Lipinski definition) is 1. The predicted octanol–water partition coefficient (Wildman–Crippen LogP) is 3.44. The molecule has 1 N–H and O–H groups in total. The molecule has 108 valence electrons. The summed E-state index contributed by atoms with van der Waals surface area (Å²) in [4.78, 5) is 15.7. The number of carbonyl (C=O) groups is 1. The zero-order chi connectivity index (χ0) is 14.5. The number of benzene rings is 1. The Balaban J connectivity index is 2.33. The van der Waals surface area contributed by atoms with E-state index in [4.69, 9.17) is 5.11 Å². The van der Waals surface area contributed by atoms with Gasteiger partial charge in [-0.05, 0) is 43.0 Å². The Morgan fingerprint density at radius 2 is 2.20 bits per heavy atom. The Labute approximate surface area is 123 Å². The first-order chi connectivity index (χ1) is 9.67. The maximum Gasteiger partial charge on any atom is 0.335 e. The van der Waals surface area contributed by atoms with E-state index in [1.165, 1.54) is 6.42 Å². The number of imidazole rings is 1. The fourth-order valence-corrected chi connectivity index (χ4v) is 2.83. The smallest absolute Gasteiger partial charge is 0.335 e. The number of rotatable bonds is 7. The lowest BCUT2D eigenvalue weighted by molar-refractivity contribution is 0.0697. The van der Waals surface area contributed by atoms with Gasteiger partial charge in [-0.25, -0.2) is 9.78 Å². The number of aromatic carboxylic acids is 1. The number of fused-ring (bicyclic) bond motifs is 1. The highest BCUT2D eigenvalue weighted by Crippen LogP contribution is 2.20. The van der Waals surface area contributed by atoms with Crippen molar-refractivity contribution in [3.63, 3.8) is 0 Å². The van der Waals surface area contributed by atoms with Gasteiger partial charge in [0, 0.05) is 13.0 Å². The molecule has 0 unspecified atom stereocenters. The van der Waals surface area contributed by atoms with Gasteiger partial charge < -0.3 is 9.67 Å². The van der Waals surface area contributed by atoms with Crippen LogP contribution in [0.1, 0.15) is 35.9 Å². The van der Waals surface area contributed by atoms with E-state index in [1.54, 1.807) is 18.2 Å². The first kappa shape index (κ1) is 14.9. The number of unbranched alkanes of at least 4 members (excludes halogenated alkanes) is 1. The highest BCUT2D eigenvalue weighted by atomic mass is 32.2. The number of hydrogen-bond acceptors (Lipinski definition) is 3. The van der Waals surface area contributed by atoms with E-state index >= 15 is 0 Å². The second-order valence-electron chi connectivity index (χ2n) is 4.74. The summed E-state index contributed by atoms with van der Waals surface area (Å²) in [5, 5.41) is 9.11. The standard InChI is InChI=1S/C15H20N2O2S/c1-3-14-16-12-7-6-11(15(18)19)10-13(12)17(14)8-4-5-9-20-2/h6-7,10H,3-5,8-9H2,1-2H3,(H,18,19). The maximum absolute atomic E-state index is 11.1. The van der Waals surface area contributed by atoms with E-state index < -0.39 is 5.97 Å². The summed E-state index contributed by atoms with van der Waals surface area (Å²) in [6, 6.07) is 5.16. The van der Waals surface area contributed by atoms with Crippen LogP contribution in [0.2, 0.25) is 0 Å². The van der Waals surface area contributed by atoms with Gasteiger partial charge in [0.2, 0.25) is 0 Å². The fourth-order valence-electron chi connectivity index (χ4n) is 2.34. The lowest BCUT2D eigenvalue weighted by atomic mass is 10.2. The van der Waals surface area contributed by atoms with E-state index in [9.17, 15) is 4.79 Å². The van der Waals surface area contributed by atoms with Crippen molar-refractivity contribution in [2.75, 3.05) is 12.0 Å². The summed E-state index contributed by atoms with van der Waals surface area (Å²) in [5.74, 6) is 1.31. The normalized spacial score (nSPS) is 11.1. The van der Waals surface area contributed by atoms with Crippen molar-refractivity contribution in [1.29, 1.82) is 0 Å². The van der Waals surface area contributed by atoms with Gasteiger partial charge in [-0.15, -0.1) is 0 Å². The highest BCUT2D eigenvalue weighted by Gasteiger charge is 2.12. The molecule has 0 aliphatic rings. The number of aromatic nitrogens is 2. The molecule has 0 atom stereocenters. The Morgan fingerprint density at radius 1 is 1.40 bits per heavy atom. The third kappa shape index (κ3) is 3.15. The number of nitrogens with zero attached hydrogens (tertiary/aromatic N) is 2. The SMILES string of the molecule is CCc1nc2ccc(C(=O)O)cc2n1CCCCSC. The molecule has 0 fully saturated rings. The van der Waals surface area contributed by atoms with Gasteiger partial charge in [-0.2, -0.15) is 11.8 Å². The Kier molecular flexibility index (Phi) is 5.06. The van der Waals surface area contributed by atoms with Gasteiger partial charge in [0.05, 0.1) is 16.6 Å². The number of carboxylic acids is 1. The molecule has 1 aromatic heterocycles. The molecule has 0 radical (unpaired) electrons. The molecule has 1 aromatic carbocycles. The predicted molar refractivity (Wildman–Crippen MR) is 83.7 cm³/mol. The van der Waals surface area contributed by atoms with E-state index in [1.807, 2.05) is 11.8 Å². The van der Waals surface area contributed by atoms with Gasteiger partial charge >= 0.3 is 5.97 Å². The van der Waals surface area contributed by atoms with Crippen molar-refractivity contribution in [3.05, 3.63) is 29.6 Å². The summed E-state index contributed by atoms with van der Waals surface area (Å²) in [6.45, 7) is 2.99. The van der Waals surface area contributed by atoms with E-state index in [-0.39, 0.29) is 0 Å². The van der Waals surface area contributed by atoms with Crippen molar-refractivity contribution < 1.29 is 9.90 Å². The third-order valence-electron chi connectivity index (χ3n) is 3.37. The first-order valence-corrected chi connectivity index (χ1v) is 8.28. The number of aryl methyl sites for hydroxylation is 2. The number of carboxylic acid groups (broad SMARTS) is 1. The molecule has 4 nitrogen and oxygen atoms in total. The van der Waals surface area contributed by atoms with Crippen LogP contribution < -0.4 is 0 Å². The van der Waals surface area contributed by atoms with Crippen LogP contribution in [0.15, 0.2) is 18.2 Å². The molecule has 2 rings (SSSR count). The van der Waals surface area contributed by atoms with E-state index in [2.05, 4.69) is 22.7 Å². The summed E-state index contributed by atoms with van der Waals surface area (Å²) in [5.41, 5.74) is 2.15. The van der Waals surface area contributed by atoms with Crippen molar-refractivity contribution in [1.82, 2.24) is 9.55 Å². The monoisotopic (exact) mass is 292 g/mol. The molecule has 2 aromatic rings. The summed E-state index contributed by atoms with van der Waals surface area (Å²) >= 11 is 1.86. The quantitative estimate of drug-likeness (QED) is 0.794. The molecule has 0 saturated heterocycles. The molecule has 1 heterocycles. The fraction of sp³-hybridized carbons (Fsp3) is 0.467. The van der Waals surface area contributed by atoms with Crippen LogP contribution >= 0.6 is 11.8 Å². The van der Waals surface area contributed by atoms with Crippen LogP contribution in [0, 0.1) is 0 Å². The second kappa shape index (κ2) is 6.79.